The average Bonchev–Trinajstić information content (AvgIpc) is 2.28. The predicted molar refractivity (Wildman–Crippen MR) is 64.0 cm³/mol. The molecule has 1 aromatic rings. The number of hydrogen-bond donors (Lipinski definition) is 1. The molecular formula is C13H16N2O. The molecule has 1 N–H and O–H groups in total. The van der Waals surface area contributed by atoms with Crippen LogP contribution in [0.1, 0.15) is 35.2 Å². The highest BCUT2D eigenvalue weighted by molar-refractivity contribution is 5.93. The van der Waals surface area contributed by atoms with Gasteiger partial charge in [-0.1, -0.05) is 0 Å². The molecule has 84 valence electrons. The summed E-state index contributed by atoms with van der Waals surface area (Å²) < 4.78 is 0. The Bertz CT molecular complexity index is 393. The Labute approximate surface area is 96.3 Å². The van der Waals surface area contributed by atoms with Crippen molar-refractivity contribution in [2.75, 3.05) is 6.54 Å². The van der Waals surface area contributed by atoms with Crippen LogP contribution in [0.3, 0.4) is 0 Å². The van der Waals surface area contributed by atoms with Crippen molar-refractivity contribution in [2.45, 2.75) is 26.2 Å². The molecule has 0 fully saturated rings. The summed E-state index contributed by atoms with van der Waals surface area (Å²) in [6.07, 6.45) is 11.1. The van der Waals surface area contributed by atoms with Crippen LogP contribution in [0.4, 0.5) is 0 Å². The molecule has 0 aromatic carbocycles. The van der Waals surface area contributed by atoms with Crippen LogP contribution in [0.5, 0.6) is 0 Å². The minimum atomic E-state index is -0.0723. The molecule has 0 unspecified atom stereocenters. The van der Waals surface area contributed by atoms with Crippen molar-refractivity contribution in [3.8, 4) is 12.3 Å². The molecule has 3 nitrogen and oxygen atoms in total. The van der Waals surface area contributed by atoms with Crippen LogP contribution in [0.15, 0.2) is 18.5 Å². The van der Waals surface area contributed by atoms with E-state index in [-0.39, 0.29) is 5.91 Å². The van der Waals surface area contributed by atoms with Gasteiger partial charge in [-0.3, -0.25) is 9.78 Å². The van der Waals surface area contributed by atoms with Crippen molar-refractivity contribution >= 4 is 5.91 Å². The molecule has 1 aromatic heterocycles. The molecule has 0 saturated carbocycles. The van der Waals surface area contributed by atoms with Crippen LogP contribution >= 0.6 is 0 Å². The van der Waals surface area contributed by atoms with Crippen LogP contribution in [-0.2, 0) is 0 Å². The van der Waals surface area contributed by atoms with Crippen molar-refractivity contribution in [3.63, 3.8) is 0 Å². The summed E-state index contributed by atoms with van der Waals surface area (Å²) >= 11 is 0. The number of terminal acetylenes is 1. The molecule has 1 rings (SSSR count). The molecule has 0 aliphatic heterocycles. The van der Waals surface area contributed by atoms with Gasteiger partial charge in [0.15, 0.2) is 0 Å². The van der Waals surface area contributed by atoms with Gasteiger partial charge in [0.05, 0.1) is 5.56 Å². The molecule has 0 bridgehead atoms. The van der Waals surface area contributed by atoms with Crippen LogP contribution in [-0.4, -0.2) is 17.4 Å². The summed E-state index contributed by atoms with van der Waals surface area (Å²) in [4.78, 5) is 15.6. The van der Waals surface area contributed by atoms with Gasteiger partial charge in [-0.05, 0) is 31.4 Å². The van der Waals surface area contributed by atoms with E-state index >= 15 is 0 Å². The summed E-state index contributed by atoms with van der Waals surface area (Å²) in [6.45, 7) is 2.57. The van der Waals surface area contributed by atoms with Crippen molar-refractivity contribution in [2.24, 2.45) is 0 Å². The Kier molecular flexibility index (Phi) is 5.07. The molecule has 0 aliphatic carbocycles. The highest BCUT2D eigenvalue weighted by atomic mass is 16.1. The zero-order chi connectivity index (χ0) is 11.8. The number of aryl methyl sites for hydroxylation is 1. The van der Waals surface area contributed by atoms with E-state index in [1.807, 2.05) is 13.0 Å². The first-order chi connectivity index (χ1) is 7.74. The fourth-order valence-electron chi connectivity index (χ4n) is 1.34. The van der Waals surface area contributed by atoms with Crippen molar-refractivity contribution in [1.29, 1.82) is 0 Å². The Morgan fingerprint density at radius 2 is 2.31 bits per heavy atom. The number of amides is 1. The summed E-state index contributed by atoms with van der Waals surface area (Å²) in [5, 5.41) is 2.84. The first kappa shape index (κ1) is 12.3. The lowest BCUT2D eigenvalue weighted by Crippen LogP contribution is -2.24. The van der Waals surface area contributed by atoms with Gasteiger partial charge < -0.3 is 5.32 Å². The van der Waals surface area contributed by atoms with Gasteiger partial charge in [-0.2, -0.15) is 0 Å². The van der Waals surface area contributed by atoms with Gasteiger partial charge in [0.25, 0.3) is 5.91 Å². The van der Waals surface area contributed by atoms with Crippen LogP contribution in [0.25, 0.3) is 0 Å². The topological polar surface area (TPSA) is 42.0 Å². The number of pyridine rings is 1. The largest absolute Gasteiger partial charge is 0.352 e. The summed E-state index contributed by atoms with van der Waals surface area (Å²) in [5.74, 6) is 2.50. The van der Waals surface area contributed by atoms with Gasteiger partial charge >= 0.3 is 0 Å². The number of carbonyl (C=O) groups is 1. The minimum absolute atomic E-state index is 0.0723. The molecule has 3 heteroatoms. The number of nitrogens with zero attached hydrogens (tertiary/aromatic N) is 1. The predicted octanol–water partition coefficient (Wildman–Crippen LogP) is 1.92. The Hall–Kier alpha value is -1.82. The van der Waals surface area contributed by atoms with Crippen LogP contribution < -0.4 is 5.32 Å². The normalized spacial score (nSPS) is 9.50. The zero-order valence-corrected chi connectivity index (χ0v) is 9.49. The third-order valence-electron chi connectivity index (χ3n) is 2.17. The lowest BCUT2D eigenvalue weighted by atomic mass is 10.2. The van der Waals surface area contributed by atoms with Crippen LogP contribution in [0, 0.1) is 19.3 Å². The van der Waals surface area contributed by atoms with Gasteiger partial charge in [-0.15, -0.1) is 12.3 Å². The quantitative estimate of drug-likeness (QED) is 0.603. The van der Waals surface area contributed by atoms with Crippen LogP contribution in [0.2, 0.25) is 0 Å². The fourth-order valence-corrected chi connectivity index (χ4v) is 1.34. The lowest BCUT2D eigenvalue weighted by Gasteiger charge is -2.04. The monoisotopic (exact) mass is 216 g/mol. The lowest BCUT2D eigenvalue weighted by molar-refractivity contribution is 0.0952. The van der Waals surface area contributed by atoms with E-state index in [1.54, 1.807) is 12.4 Å². The number of rotatable bonds is 5. The first-order valence-electron chi connectivity index (χ1n) is 5.37. The van der Waals surface area contributed by atoms with E-state index in [1.165, 1.54) is 0 Å². The summed E-state index contributed by atoms with van der Waals surface area (Å²) in [7, 11) is 0. The van der Waals surface area contributed by atoms with Gasteiger partial charge in [0.2, 0.25) is 0 Å². The molecular weight excluding hydrogens is 200 g/mol. The highest BCUT2D eigenvalue weighted by Crippen LogP contribution is 2.01. The van der Waals surface area contributed by atoms with Crippen molar-refractivity contribution in [3.05, 3.63) is 29.6 Å². The second kappa shape index (κ2) is 6.62. The van der Waals surface area contributed by atoms with E-state index in [2.05, 4.69) is 16.2 Å². The first-order valence-corrected chi connectivity index (χ1v) is 5.37. The number of aromatic nitrogens is 1. The van der Waals surface area contributed by atoms with E-state index in [0.717, 1.165) is 24.8 Å². The smallest absolute Gasteiger partial charge is 0.252 e. The number of nitrogens with one attached hydrogen (secondary N) is 1. The average molecular weight is 216 g/mol. The molecule has 0 atom stereocenters. The fraction of sp³-hybridized carbons (Fsp3) is 0.385. The van der Waals surface area contributed by atoms with Gasteiger partial charge in [0, 0.05) is 25.4 Å². The van der Waals surface area contributed by atoms with E-state index in [4.69, 9.17) is 6.42 Å². The molecule has 1 heterocycles. The maximum Gasteiger partial charge on any atom is 0.252 e. The summed E-state index contributed by atoms with van der Waals surface area (Å²) in [6, 6.07) is 1.82. The molecule has 0 spiro atoms. The van der Waals surface area contributed by atoms with E-state index in [9.17, 15) is 4.79 Å². The standard InChI is InChI=1S/C13H16N2O/c1-3-4-5-6-7-15-13(16)12-8-11(2)9-14-10-12/h1,8-10H,4-7H2,2H3,(H,15,16). The Balaban J connectivity index is 2.33. The molecule has 0 radical (unpaired) electrons. The SMILES string of the molecule is C#CCCCCNC(=O)c1cncc(C)c1. The second-order valence-corrected chi connectivity index (χ2v) is 3.67. The van der Waals surface area contributed by atoms with E-state index in [0.29, 0.717) is 12.1 Å². The third kappa shape index (κ3) is 4.14. The van der Waals surface area contributed by atoms with Crippen molar-refractivity contribution < 1.29 is 4.79 Å². The van der Waals surface area contributed by atoms with E-state index < -0.39 is 0 Å². The van der Waals surface area contributed by atoms with Gasteiger partial charge in [-0.25, -0.2) is 0 Å². The zero-order valence-electron chi connectivity index (χ0n) is 9.49. The Morgan fingerprint density at radius 3 is 3.00 bits per heavy atom. The molecule has 0 saturated heterocycles. The maximum atomic E-state index is 11.6. The molecule has 1 amide bonds. The number of unbranched alkanes of at least 4 members (excludes halogenated alkanes) is 2. The maximum absolute atomic E-state index is 11.6. The second-order valence-electron chi connectivity index (χ2n) is 3.67. The van der Waals surface area contributed by atoms with Gasteiger partial charge in [0.1, 0.15) is 0 Å². The molecule has 16 heavy (non-hydrogen) atoms. The van der Waals surface area contributed by atoms with Crippen molar-refractivity contribution in [1.82, 2.24) is 10.3 Å². The minimum Gasteiger partial charge on any atom is -0.352 e. The number of carbonyl (C=O) groups excluding carboxylic acids is 1. The third-order valence-corrected chi connectivity index (χ3v) is 2.17. The highest BCUT2D eigenvalue weighted by Gasteiger charge is 2.04. The number of hydrogen-bond acceptors (Lipinski definition) is 2. The summed E-state index contributed by atoms with van der Waals surface area (Å²) in [5.41, 5.74) is 1.59. The Morgan fingerprint density at radius 1 is 1.50 bits per heavy atom. The molecule has 0 aliphatic rings.